The van der Waals surface area contributed by atoms with Crippen molar-refractivity contribution in [3.8, 4) is 23.0 Å². The van der Waals surface area contributed by atoms with Gasteiger partial charge in [-0.05, 0) is 133 Å². The van der Waals surface area contributed by atoms with Crippen LogP contribution >= 0.6 is 0 Å². The fourth-order valence-electron chi connectivity index (χ4n) is 5.65. The largest absolute Gasteiger partial charge is 0.423 e. The first-order valence-electron chi connectivity index (χ1n) is 18.2. The second-order valence-corrected chi connectivity index (χ2v) is 12.7. The molecule has 0 aromatic heterocycles. The van der Waals surface area contributed by atoms with E-state index in [1.807, 2.05) is 24.3 Å². The van der Waals surface area contributed by atoms with Crippen molar-refractivity contribution in [1.82, 2.24) is 0 Å². The van der Waals surface area contributed by atoms with Crippen LogP contribution in [0.1, 0.15) is 111 Å². The lowest BCUT2D eigenvalue weighted by Crippen LogP contribution is -2.12. The zero-order chi connectivity index (χ0) is 37.6. The summed E-state index contributed by atoms with van der Waals surface area (Å²) >= 11 is 0. The van der Waals surface area contributed by atoms with E-state index in [0.717, 1.165) is 61.6 Å². The van der Waals surface area contributed by atoms with Crippen molar-refractivity contribution >= 4 is 23.9 Å². The Morgan fingerprint density at radius 1 is 0.396 bits per heavy atom. The molecule has 0 atom stereocenters. The van der Waals surface area contributed by atoms with Crippen LogP contribution in [0.4, 0.5) is 0 Å². The smallest absolute Gasteiger partial charge is 0.343 e. The van der Waals surface area contributed by atoms with E-state index in [-0.39, 0.29) is 11.1 Å². The third-order valence-electron chi connectivity index (χ3n) is 8.55. The van der Waals surface area contributed by atoms with Crippen LogP contribution in [0.15, 0.2) is 115 Å². The third kappa shape index (κ3) is 11.0. The Morgan fingerprint density at radius 2 is 0.774 bits per heavy atom. The van der Waals surface area contributed by atoms with Gasteiger partial charge in [-0.15, -0.1) is 0 Å². The molecule has 0 heterocycles. The fourth-order valence-corrected chi connectivity index (χ4v) is 5.65. The number of hydrogen-bond acceptors (Lipinski definition) is 8. The first-order valence-corrected chi connectivity index (χ1v) is 18.2. The number of benzene rings is 5. The van der Waals surface area contributed by atoms with E-state index in [2.05, 4.69) is 20.8 Å². The van der Waals surface area contributed by atoms with E-state index < -0.39 is 23.9 Å². The summed E-state index contributed by atoms with van der Waals surface area (Å²) in [5.74, 6) is -0.868. The van der Waals surface area contributed by atoms with Crippen LogP contribution in [-0.2, 0) is 19.3 Å². The van der Waals surface area contributed by atoms with E-state index in [1.54, 1.807) is 78.9 Å². The molecule has 272 valence electrons. The standard InChI is InChI=1S/C45H44O8/c1-4-7-8-11-37-30-40(52-44(48)35-20-24-38(25-21-35)50-42(46)33-16-12-31(9-5-2)13-17-33)28-29-41(37)53-45(49)36-22-26-39(27-23-36)51-43(47)34-18-14-32(10-6-3)15-19-34/h12-30H,4-11H2,1-3H3. The van der Waals surface area contributed by atoms with Crippen LogP contribution in [0, 0.1) is 0 Å². The normalized spacial score (nSPS) is 10.7. The topological polar surface area (TPSA) is 105 Å². The highest BCUT2D eigenvalue weighted by Crippen LogP contribution is 2.28. The Balaban J connectivity index is 1.19. The summed E-state index contributed by atoms with van der Waals surface area (Å²) in [6.45, 7) is 6.30. The molecule has 0 unspecified atom stereocenters. The van der Waals surface area contributed by atoms with Gasteiger partial charge in [-0.1, -0.05) is 70.7 Å². The zero-order valence-corrected chi connectivity index (χ0v) is 30.4. The molecule has 8 heteroatoms. The number of esters is 4. The molecule has 0 spiro atoms. The quantitative estimate of drug-likeness (QED) is 0.0566. The van der Waals surface area contributed by atoms with E-state index in [4.69, 9.17) is 18.9 Å². The van der Waals surface area contributed by atoms with Crippen LogP contribution in [-0.4, -0.2) is 23.9 Å². The van der Waals surface area contributed by atoms with Crippen molar-refractivity contribution < 1.29 is 38.1 Å². The number of hydrogen-bond donors (Lipinski definition) is 0. The molecule has 0 aliphatic rings. The summed E-state index contributed by atoms with van der Waals surface area (Å²) < 4.78 is 22.5. The lowest BCUT2D eigenvalue weighted by Gasteiger charge is -2.13. The Morgan fingerprint density at radius 3 is 1.19 bits per heavy atom. The minimum Gasteiger partial charge on any atom is -0.423 e. The third-order valence-corrected chi connectivity index (χ3v) is 8.55. The molecule has 5 aromatic carbocycles. The minimum absolute atomic E-state index is 0.274. The average Bonchev–Trinajstić information content (AvgIpc) is 3.17. The van der Waals surface area contributed by atoms with E-state index in [0.29, 0.717) is 40.5 Å². The highest BCUT2D eigenvalue weighted by atomic mass is 16.5. The van der Waals surface area contributed by atoms with E-state index in [1.165, 1.54) is 12.1 Å². The molecule has 5 rings (SSSR count). The molecule has 0 bridgehead atoms. The molecule has 0 aliphatic heterocycles. The van der Waals surface area contributed by atoms with Gasteiger partial charge < -0.3 is 18.9 Å². The van der Waals surface area contributed by atoms with Gasteiger partial charge >= 0.3 is 23.9 Å². The SMILES string of the molecule is CCCCCc1cc(OC(=O)c2ccc(OC(=O)c3ccc(CCC)cc3)cc2)ccc1OC(=O)c1ccc(OC(=O)c2ccc(CCC)cc2)cc1. The summed E-state index contributed by atoms with van der Waals surface area (Å²) in [6, 6.07) is 31.9. The van der Waals surface area contributed by atoms with E-state index >= 15 is 0 Å². The predicted octanol–water partition coefficient (Wildman–Crippen LogP) is 10.2. The maximum absolute atomic E-state index is 13.1. The van der Waals surface area contributed by atoms with Crippen molar-refractivity contribution in [2.75, 3.05) is 0 Å². The van der Waals surface area contributed by atoms with Gasteiger partial charge in [0.25, 0.3) is 0 Å². The van der Waals surface area contributed by atoms with Crippen molar-refractivity contribution in [3.05, 3.63) is 154 Å². The van der Waals surface area contributed by atoms with Gasteiger partial charge in [0.2, 0.25) is 0 Å². The summed E-state index contributed by atoms with van der Waals surface area (Å²) in [7, 11) is 0. The molecule has 0 fully saturated rings. The molecule has 53 heavy (non-hydrogen) atoms. The van der Waals surface area contributed by atoms with Gasteiger partial charge in [-0.2, -0.15) is 0 Å². The Kier molecular flexibility index (Phi) is 13.7. The average molecular weight is 713 g/mol. The Bertz CT molecular complexity index is 1990. The number of rotatable bonds is 16. The number of ether oxygens (including phenoxy) is 4. The molecule has 0 radical (unpaired) electrons. The summed E-state index contributed by atoms with van der Waals surface area (Å²) in [6.07, 6.45) is 7.36. The van der Waals surface area contributed by atoms with Crippen LogP contribution in [0.25, 0.3) is 0 Å². The summed E-state index contributed by atoms with van der Waals surface area (Å²) in [4.78, 5) is 51.4. The highest BCUT2D eigenvalue weighted by molar-refractivity contribution is 5.94. The van der Waals surface area contributed by atoms with Gasteiger partial charge in [-0.25, -0.2) is 19.2 Å². The predicted molar refractivity (Wildman–Crippen MR) is 203 cm³/mol. The van der Waals surface area contributed by atoms with Crippen molar-refractivity contribution in [1.29, 1.82) is 0 Å². The summed E-state index contributed by atoms with van der Waals surface area (Å²) in [5, 5.41) is 0. The van der Waals surface area contributed by atoms with Crippen LogP contribution in [0.3, 0.4) is 0 Å². The zero-order valence-electron chi connectivity index (χ0n) is 30.4. The van der Waals surface area contributed by atoms with E-state index in [9.17, 15) is 19.2 Å². The lowest BCUT2D eigenvalue weighted by atomic mass is 10.1. The second kappa shape index (κ2) is 19.0. The molecule has 5 aromatic rings. The molecule has 0 saturated heterocycles. The molecular formula is C45H44O8. The highest BCUT2D eigenvalue weighted by Gasteiger charge is 2.17. The number of unbranched alkanes of at least 4 members (excludes halogenated alkanes) is 2. The molecular weight excluding hydrogens is 668 g/mol. The number of aryl methyl sites for hydroxylation is 3. The Labute approximate surface area is 310 Å². The second-order valence-electron chi connectivity index (χ2n) is 12.7. The molecule has 0 amide bonds. The fraction of sp³-hybridized carbons (Fsp3) is 0.244. The van der Waals surface area contributed by atoms with Gasteiger partial charge in [0.15, 0.2) is 0 Å². The molecule has 0 saturated carbocycles. The lowest BCUT2D eigenvalue weighted by molar-refractivity contribution is 0.0715. The summed E-state index contributed by atoms with van der Waals surface area (Å²) in [5.41, 5.74) is 4.47. The minimum atomic E-state index is -0.590. The van der Waals surface area contributed by atoms with Crippen LogP contribution in [0.5, 0.6) is 23.0 Å². The first kappa shape index (κ1) is 38.2. The molecule has 8 nitrogen and oxygen atoms in total. The van der Waals surface area contributed by atoms with Crippen molar-refractivity contribution in [3.63, 3.8) is 0 Å². The van der Waals surface area contributed by atoms with Crippen molar-refractivity contribution in [2.24, 2.45) is 0 Å². The van der Waals surface area contributed by atoms with Gasteiger partial charge in [0.05, 0.1) is 22.3 Å². The molecule has 0 N–H and O–H groups in total. The molecule has 0 aliphatic carbocycles. The van der Waals surface area contributed by atoms with Gasteiger partial charge in [0.1, 0.15) is 23.0 Å². The maximum atomic E-state index is 13.1. The number of carbonyl (C=O) groups is 4. The first-order chi connectivity index (χ1) is 25.8. The van der Waals surface area contributed by atoms with Crippen LogP contribution in [0.2, 0.25) is 0 Å². The van der Waals surface area contributed by atoms with Gasteiger partial charge in [0, 0.05) is 0 Å². The number of carbonyl (C=O) groups excluding carboxylic acids is 4. The van der Waals surface area contributed by atoms with Crippen LogP contribution < -0.4 is 18.9 Å². The maximum Gasteiger partial charge on any atom is 0.343 e. The monoisotopic (exact) mass is 712 g/mol. The Hall–Kier alpha value is -6.02. The van der Waals surface area contributed by atoms with Crippen molar-refractivity contribution in [2.45, 2.75) is 72.1 Å². The van der Waals surface area contributed by atoms with Gasteiger partial charge in [-0.3, -0.25) is 0 Å².